The van der Waals surface area contributed by atoms with Crippen LogP contribution >= 0.6 is 23.7 Å². The molecular formula is C23H28ClN5O3S. The van der Waals surface area contributed by atoms with Gasteiger partial charge in [-0.05, 0) is 58.3 Å². The number of fused-ring (bicyclic) bond motifs is 2. The highest BCUT2D eigenvalue weighted by Crippen LogP contribution is 2.40. The van der Waals surface area contributed by atoms with E-state index in [4.69, 9.17) is 14.5 Å². The Labute approximate surface area is 203 Å². The van der Waals surface area contributed by atoms with Gasteiger partial charge in [-0.2, -0.15) is 0 Å². The predicted octanol–water partition coefficient (Wildman–Crippen LogP) is 4.29. The van der Waals surface area contributed by atoms with Crippen LogP contribution in [0.25, 0.3) is 15.9 Å². The minimum absolute atomic E-state index is 0. The fourth-order valence-electron chi connectivity index (χ4n) is 3.72. The van der Waals surface area contributed by atoms with Crippen LogP contribution in [-0.4, -0.2) is 66.6 Å². The van der Waals surface area contributed by atoms with E-state index in [1.807, 2.05) is 61.9 Å². The van der Waals surface area contributed by atoms with Crippen LogP contribution in [0, 0.1) is 6.92 Å². The lowest BCUT2D eigenvalue weighted by Crippen LogP contribution is -2.34. The molecule has 0 aliphatic heterocycles. The molecule has 33 heavy (non-hydrogen) atoms. The lowest BCUT2D eigenvalue weighted by atomic mass is 10.2. The molecule has 0 aliphatic rings. The number of pyridine rings is 1. The van der Waals surface area contributed by atoms with E-state index in [0.717, 1.165) is 23.3 Å². The maximum atomic E-state index is 13.9. The molecule has 1 aromatic carbocycles. The van der Waals surface area contributed by atoms with Gasteiger partial charge < -0.3 is 14.4 Å². The minimum atomic E-state index is -0.128. The minimum Gasteiger partial charge on any atom is -0.495 e. The van der Waals surface area contributed by atoms with Crippen LogP contribution < -0.4 is 14.4 Å². The lowest BCUT2D eigenvalue weighted by Gasteiger charge is -2.21. The molecule has 1 amide bonds. The summed E-state index contributed by atoms with van der Waals surface area (Å²) in [5.41, 5.74) is 2.67. The first-order valence-corrected chi connectivity index (χ1v) is 11.2. The molecule has 0 atom stereocenters. The number of amides is 1. The number of ether oxygens (including phenoxy) is 2. The van der Waals surface area contributed by atoms with Crippen LogP contribution in [0.5, 0.6) is 11.5 Å². The van der Waals surface area contributed by atoms with Gasteiger partial charge in [-0.15, -0.1) is 12.4 Å². The SMILES string of the molecule is COc1ccc(OC)c2sc(N(CCCN(C)C)C(=O)c3c(C)nc4ccccn34)nc12.Cl. The van der Waals surface area contributed by atoms with Crippen LogP contribution in [0.1, 0.15) is 22.6 Å². The normalized spacial score (nSPS) is 11.1. The van der Waals surface area contributed by atoms with Gasteiger partial charge in [0.25, 0.3) is 5.91 Å². The molecule has 0 unspecified atom stereocenters. The Bertz CT molecular complexity index is 1230. The van der Waals surface area contributed by atoms with Crippen molar-refractivity contribution >= 4 is 50.6 Å². The first-order valence-electron chi connectivity index (χ1n) is 10.4. The molecule has 3 heterocycles. The molecule has 4 aromatic rings. The number of anilines is 1. The van der Waals surface area contributed by atoms with Crippen molar-refractivity contribution in [3.8, 4) is 11.5 Å². The summed E-state index contributed by atoms with van der Waals surface area (Å²) in [5.74, 6) is 1.23. The average Bonchev–Trinajstić information content (AvgIpc) is 3.36. The van der Waals surface area contributed by atoms with E-state index in [1.165, 1.54) is 11.3 Å². The zero-order valence-corrected chi connectivity index (χ0v) is 21.0. The van der Waals surface area contributed by atoms with Crippen molar-refractivity contribution in [1.29, 1.82) is 0 Å². The Morgan fingerprint density at radius 3 is 2.48 bits per heavy atom. The Hall–Kier alpha value is -2.88. The molecule has 10 heteroatoms. The third kappa shape index (κ3) is 4.75. The summed E-state index contributed by atoms with van der Waals surface area (Å²) in [6.45, 7) is 3.25. The van der Waals surface area contributed by atoms with E-state index >= 15 is 0 Å². The number of hydrogen-bond donors (Lipinski definition) is 0. The number of hydrogen-bond acceptors (Lipinski definition) is 7. The molecule has 0 bridgehead atoms. The second-order valence-corrected chi connectivity index (χ2v) is 8.71. The van der Waals surface area contributed by atoms with E-state index in [2.05, 4.69) is 9.88 Å². The quantitative estimate of drug-likeness (QED) is 0.367. The van der Waals surface area contributed by atoms with Crippen molar-refractivity contribution in [2.75, 3.05) is 46.3 Å². The van der Waals surface area contributed by atoms with Crippen molar-refractivity contribution in [3.63, 3.8) is 0 Å². The lowest BCUT2D eigenvalue weighted by molar-refractivity contribution is 0.0979. The molecule has 0 N–H and O–H groups in total. The van der Waals surface area contributed by atoms with Crippen molar-refractivity contribution in [2.24, 2.45) is 0 Å². The van der Waals surface area contributed by atoms with E-state index in [1.54, 1.807) is 19.1 Å². The number of thiazole rings is 1. The number of carbonyl (C=O) groups excluding carboxylic acids is 1. The van der Waals surface area contributed by atoms with Gasteiger partial charge in [0.05, 0.1) is 19.9 Å². The number of imidazole rings is 1. The first-order chi connectivity index (χ1) is 15.4. The molecule has 0 aliphatic carbocycles. The van der Waals surface area contributed by atoms with Crippen LogP contribution in [0.2, 0.25) is 0 Å². The summed E-state index contributed by atoms with van der Waals surface area (Å²) >= 11 is 1.43. The highest BCUT2D eigenvalue weighted by atomic mass is 35.5. The summed E-state index contributed by atoms with van der Waals surface area (Å²) in [7, 11) is 7.28. The van der Waals surface area contributed by atoms with Crippen LogP contribution in [0.3, 0.4) is 0 Å². The molecule has 0 saturated carbocycles. The van der Waals surface area contributed by atoms with Crippen molar-refractivity contribution in [2.45, 2.75) is 13.3 Å². The van der Waals surface area contributed by atoms with E-state index < -0.39 is 0 Å². The average molecular weight is 490 g/mol. The number of benzene rings is 1. The summed E-state index contributed by atoms with van der Waals surface area (Å²) < 4.78 is 13.7. The standard InChI is InChI=1S/C23H27N5O3S.ClH/c1-15-20(27-13-7-6-9-18(27)24-15)22(29)28(14-8-12-26(2)3)23-25-19-16(30-4)10-11-17(31-5)21(19)32-23;/h6-7,9-11,13H,8,12,14H2,1-5H3;1H. The number of methoxy groups -OCH3 is 2. The summed E-state index contributed by atoms with van der Waals surface area (Å²) in [4.78, 5) is 27.1. The van der Waals surface area contributed by atoms with Gasteiger partial charge in [0.2, 0.25) is 0 Å². The van der Waals surface area contributed by atoms with Crippen LogP contribution in [0.15, 0.2) is 36.5 Å². The zero-order valence-electron chi connectivity index (χ0n) is 19.4. The van der Waals surface area contributed by atoms with Gasteiger partial charge in [0, 0.05) is 12.7 Å². The molecule has 0 radical (unpaired) electrons. The number of aryl methyl sites for hydroxylation is 1. The van der Waals surface area contributed by atoms with Crippen LogP contribution in [0.4, 0.5) is 5.13 Å². The second kappa shape index (κ2) is 10.4. The van der Waals surface area contributed by atoms with Gasteiger partial charge in [-0.3, -0.25) is 14.1 Å². The second-order valence-electron chi connectivity index (χ2n) is 7.73. The first kappa shape index (κ1) is 24.8. The van der Waals surface area contributed by atoms with Crippen molar-refractivity contribution < 1.29 is 14.3 Å². The monoisotopic (exact) mass is 489 g/mol. The summed E-state index contributed by atoms with van der Waals surface area (Å²) in [6, 6.07) is 9.40. The Kier molecular flexibility index (Phi) is 7.78. The zero-order chi connectivity index (χ0) is 22.8. The fraction of sp³-hybridized carbons (Fsp3) is 0.348. The molecule has 4 rings (SSSR count). The summed E-state index contributed by atoms with van der Waals surface area (Å²) in [6.07, 6.45) is 2.67. The largest absolute Gasteiger partial charge is 0.495 e. The predicted molar refractivity (Wildman–Crippen MR) is 135 cm³/mol. The smallest absolute Gasteiger partial charge is 0.278 e. The van der Waals surface area contributed by atoms with Crippen molar-refractivity contribution in [1.82, 2.24) is 19.3 Å². The third-order valence-electron chi connectivity index (χ3n) is 5.27. The summed E-state index contributed by atoms with van der Waals surface area (Å²) in [5, 5.41) is 0.608. The van der Waals surface area contributed by atoms with Gasteiger partial charge in [-0.1, -0.05) is 17.4 Å². The molecule has 0 spiro atoms. The molecule has 0 fully saturated rings. The van der Waals surface area contributed by atoms with Crippen molar-refractivity contribution in [3.05, 3.63) is 47.9 Å². The van der Waals surface area contributed by atoms with E-state index in [9.17, 15) is 4.79 Å². The topological polar surface area (TPSA) is 72.2 Å². The van der Waals surface area contributed by atoms with Gasteiger partial charge in [0.1, 0.15) is 33.1 Å². The maximum absolute atomic E-state index is 13.9. The molecule has 176 valence electrons. The Morgan fingerprint density at radius 2 is 1.79 bits per heavy atom. The molecular weight excluding hydrogens is 462 g/mol. The van der Waals surface area contributed by atoms with E-state index in [-0.39, 0.29) is 18.3 Å². The van der Waals surface area contributed by atoms with Crippen LogP contribution in [-0.2, 0) is 0 Å². The van der Waals surface area contributed by atoms with Gasteiger partial charge >= 0.3 is 0 Å². The molecule has 0 saturated heterocycles. The Balaban J connectivity index is 0.00000306. The highest BCUT2D eigenvalue weighted by molar-refractivity contribution is 7.22. The Morgan fingerprint density at radius 1 is 1.06 bits per heavy atom. The van der Waals surface area contributed by atoms with E-state index in [0.29, 0.717) is 40.1 Å². The molecule has 3 aromatic heterocycles. The number of aromatic nitrogens is 3. The van der Waals surface area contributed by atoms with Gasteiger partial charge in [-0.25, -0.2) is 9.97 Å². The fourth-order valence-corrected chi connectivity index (χ4v) is 4.82. The molecule has 8 nitrogen and oxygen atoms in total. The highest BCUT2D eigenvalue weighted by Gasteiger charge is 2.27. The third-order valence-corrected chi connectivity index (χ3v) is 6.36. The van der Waals surface area contributed by atoms with Gasteiger partial charge in [0.15, 0.2) is 5.13 Å². The number of nitrogens with zero attached hydrogens (tertiary/aromatic N) is 5. The number of rotatable bonds is 8. The maximum Gasteiger partial charge on any atom is 0.278 e. The number of halogens is 1. The number of carbonyl (C=O) groups is 1.